The van der Waals surface area contributed by atoms with Crippen LogP contribution in [0.15, 0.2) is 36.7 Å². The normalized spacial score (nSPS) is 11.3. The minimum atomic E-state index is 0.463. The highest BCUT2D eigenvalue weighted by Gasteiger charge is 2.08. The van der Waals surface area contributed by atoms with Crippen LogP contribution < -0.4 is 5.73 Å². The van der Waals surface area contributed by atoms with Crippen molar-refractivity contribution >= 4 is 16.6 Å². The molecule has 0 aliphatic carbocycles. The molecule has 19 heavy (non-hydrogen) atoms. The molecule has 0 radical (unpaired) electrons. The number of fused-ring (bicyclic) bond motifs is 1. The molecular formula is C15H16N4. The monoisotopic (exact) mass is 252 g/mol. The zero-order chi connectivity index (χ0) is 13.4. The van der Waals surface area contributed by atoms with Crippen LogP contribution in [0.2, 0.25) is 0 Å². The van der Waals surface area contributed by atoms with Gasteiger partial charge in [-0.05, 0) is 22.9 Å². The third kappa shape index (κ3) is 2.05. The number of nitrogens with one attached hydrogen (secondary N) is 1. The fourth-order valence-corrected chi connectivity index (χ4v) is 2.31. The average molecular weight is 252 g/mol. The molecule has 0 atom stereocenters. The third-order valence-corrected chi connectivity index (χ3v) is 3.32. The highest BCUT2D eigenvalue weighted by molar-refractivity contribution is 5.89. The summed E-state index contributed by atoms with van der Waals surface area (Å²) < 4.78 is 0. The van der Waals surface area contributed by atoms with Gasteiger partial charge >= 0.3 is 0 Å². The van der Waals surface area contributed by atoms with Crippen molar-refractivity contribution < 1.29 is 0 Å². The van der Waals surface area contributed by atoms with Gasteiger partial charge in [0.1, 0.15) is 5.82 Å². The Morgan fingerprint density at radius 2 is 2.00 bits per heavy atom. The molecule has 4 heteroatoms. The Kier molecular flexibility index (Phi) is 2.71. The van der Waals surface area contributed by atoms with E-state index < -0.39 is 0 Å². The lowest BCUT2D eigenvalue weighted by Gasteiger charge is -2.09. The van der Waals surface area contributed by atoms with Gasteiger partial charge in [0.15, 0.2) is 0 Å². The minimum absolute atomic E-state index is 0.463. The molecule has 0 fully saturated rings. The molecule has 0 bridgehead atoms. The van der Waals surface area contributed by atoms with E-state index in [1.807, 2.05) is 18.5 Å². The Hall–Kier alpha value is -2.36. The second kappa shape index (κ2) is 4.39. The van der Waals surface area contributed by atoms with Crippen molar-refractivity contribution in [1.82, 2.24) is 15.2 Å². The summed E-state index contributed by atoms with van der Waals surface area (Å²) >= 11 is 0. The van der Waals surface area contributed by atoms with Crippen LogP contribution in [-0.4, -0.2) is 15.2 Å². The minimum Gasteiger partial charge on any atom is -0.382 e. The molecule has 96 valence electrons. The Morgan fingerprint density at radius 1 is 1.16 bits per heavy atom. The first-order valence-corrected chi connectivity index (χ1v) is 6.34. The molecule has 3 N–H and O–H groups in total. The number of benzene rings is 1. The molecule has 0 saturated carbocycles. The number of nitrogen functional groups attached to an aromatic ring is 1. The summed E-state index contributed by atoms with van der Waals surface area (Å²) in [6, 6.07) is 8.17. The summed E-state index contributed by atoms with van der Waals surface area (Å²) in [7, 11) is 0. The van der Waals surface area contributed by atoms with E-state index in [1.54, 1.807) is 0 Å². The second-order valence-corrected chi connectivity index (χ2v) is 5.03. The van der Waals surface area contributed by atoms with Gasteiger partial charge in [0.2, 0.25) is 0 Å². The predicted molar refractivity (Wildman–Crippen MR) is 77.8 cm³/mol. The summed E-state index contributed by atoms with van der Waals surface area (Å²) in [4.78, 5) is 4.32. The molecule has 0 amide bonds. The topological polar surface area (TPSA) is 67.6 Å². The van der Waals surface area contributed by atoms with Crippen molar-refractivity contribution in [2.45, 2.75) is 19.8 Å². The predicted octanol–water partition coefficient (Wildman–Crippen LogP) is 3.33. The van der Waals surface area contributed by atoms with Crippen molar-refractivity contribution in [2.75, 3.05) is 5.73 Å². The third-order valence-electron chi connectivity index (χ3n) is 3.32. The zero-order valence-electron chi connectivity index (χ0n) is 11.0. The Bertz CT molecular complexity index is 728. The molecule has 0 aliphatic rings. The van der Waals surface area contributed by atoms with Crippen LogP contribution in [0, 0.1) is 0 Å². The zero-order valence-corrected chi connectivity index (χ0v) is 11.0. The molecule has 0 aliphatic heterocycles. The number of pyridine rings is 1. The van der Waals surface area contributed by atoms with Crippen molar-refractivity contribution in [3.63, 3.8) is 0 Å². The van der Waals surface area contributed by atoms with E-state index in [0.29, 0.717) is 11.7 Å². The fraction of sp³-hybridized carbons (Fsp3) is 0.200. The van der Waals surface area contributed by atoms with Crippen molar-refractivity contribution in [3.05, 3.63) is 42.2 Å². The van der Waals surface area contributed by atoms with E-state index in [0.717, 1.165) is 16.6 Å². The molecule has 2 aromatic heterocycles. The van der Waals surface area contributed by atoms with E-state index in [9.17, 15) is 0 Å². The molecule has 0 spiro atoms. The lowest BCUT2D eigenvalue weighted by Crippen LogP contribution is -1.91. The van der Waals surface area contributed by atoms with Gasteiger partial charge < -0.3 is 5.73 Å². The second-order valence-electron chi connectivity index (χ2n) is 5.03. The van der Waals surface area contributed by atoms with Crippen molar-refractivity contribution in [3.8, 4) is 11.3 Å². The van der Waals surface area contributed by atoms with Gasteiger partial charge in [-0.2, -0.15) is 5.10 Å². The largest absolute Gasteiger partial charge is 0.382 e. The van der Waals surface area contributed by atoms with Gasteiger partial charge in [-0.3, -0.25) is 10.1 Å². The summed E-state index contributed by atoms with van der Waals surface area (Å²) in [6.07, 6.45) is 3.84. The van der Waals surface area contributed by atoms with E-state index >= 15 is 0 Å². The summed E-state index contributed by atoms with van der Waals surface area (Å²) in [5.41, 5.74) is 8.90. The van der Waals surface area contributed by atoms with Crippen LogP contribution >= 0.6 is 0 Å². The SMILES string of the molecule is CC(C)c1cncc2cc(-c3cc(N)n[nH]3)ccc12. The molecule has 0 saturated heterocycles. The van der Waals surface area contributed by atoms with Gasteiger partial charge in [0, 0.05) is 29.4 Å². The number of anilines is 1. The molecule has 2 heterocycles. The number of aromatic nitrogens is 3. The van der Waals surface area contributed by atoms with Crippen LogP contribution in [-0.2, 0) is 0 Å². The quantitative estimate of drug-likeness (QED) is 0.735. The lowest BCUT2D eigenvalue weighted by molar-refractivity contribution is 0.869. The van der Waals surface area contributed by atoms with E-state index in [4.69, 9.17) is 5.73 Å². The number of hydrogen-bond acceptors (Lipinski definition) is 3. The average Bonchev–Trinajstić information content (AvgIpc) is 2.84. The number of aromatic amines is 1. The van der Waals surface area contributed by atoms with Crippen LogP contribution in [0.5, 0.6) is 0 Å². The molecule has 3 rings (SSSR count). The Morgan fingerprint density at radius 3 is 2.68 bits per heavy atom. The summed E-state index contributed by atoms with van der Waals surface area (Å²) in [5, 5.41) is 9.27. The van der Waals surface area contributed by atoms with E-state index in [1.165, 1.54) is 10.9 Å². The fourth-order valence-electron chi connectivity index (χ4n) is 2.31. The molecular weight excluding hydrogens is 236 g/mol. The van der Waals surface area contributed by atoms with Gasteiger partial charge in [0.25, 0.3) is 0 Å². The maximum atomic E-state index is 5.64. The first kappa shape index (κ1) is 11.7. The van der Waals surface area contributed by atoms with Crippen molar-refractivity contribution in [2.24, 2.45) is 0 Å². The van der Waals surface area contributed by atoms with Crippen molar-refractivity contribution in [1.29, 1.82) is 0 Å². The van der Waals surface area contributed by atoms with Gasteiger partial charge in [-0.25, -0.2) is 0 Å². The Labute approximate surface area is 111 Å². The van der Waals surface area contributed by atoms with E-state index in [2.05, 4.69) is 47.2 Å². The molecule has 1 aromatic carbocycles. The van der Waals surface area contributed by atoms with Gasteiger partial charge in [-0.1, -0.05) is 26.0 Å². The smallest absolute Gasteiger partial charge is 0.145 e. The standard InChI is InChI=1S/C15H16N4/c1-9(2)13-8-17-7-11-5-10(3-4-12(11)13)14-6-15(16)19-18-14/h3-9H,1-2H3,(H3,16,18,19). The number of nitrogens with zero attached hydrogens (tertiary/aromatic N) is 2. The number of hydrogen-bond donors (Lipinski definition) is 2. The molecule has 3 aromatic rings. The van der Waals surface area contributed by atoms with Gasteiger partial charge in [-0.15, -0.1) is 0 Å². The van der Waals surface area contributed by atoms with E-state index in [-0.39, 0.29) is 0 Å². The van der Waals surface area contributed by atoms with Crippen LogP contribution in [0.3, 0.4) is 0 Å². The van der Waals surface area contributed by atoms with Crippen LogP contribution in [0.4, 0.5) is 5.82 Å². The lowest BCUT2D eigenvalue weighted by atomic mass is 9.97. The van der Waals surface area contributed by atoms with Crippen LogP contribution in [0.1, 0.15) is 25.3 Å². The molecule has 4 nitrogen and oxygen atoms in total. The molecule has 0 unspecified atom stereocenters. The van der Waals surface area contributed by atoms with Crippen LogP contribution in [0.25, 0.3) is 22.0 Å². The first-order chi connectivity index (χ1) is 9.15. The number of H-pyrrole nitrogens is 1. The number of rotatable bonds is 2. The summed E-state index contributed by atoms with van der Waals surface area (Å²) in [5.74, 6) is 0.967. The first-order valence-electron chi connectivity index (χ1n) is 6.34. The maximum Gasteiger partial charge on any atom is 0.145 e. The maximum absolute atomic E-state index is 5.64. The highest BCUT2D eigenvalue weighted by Crippen LogP contribution is 2.28. The highest BCUT2D eigenvalue weighted by atomic mass is 15.2. The Balaban J connectivity index is 2.17. The summed E-state index contributed by atoms with van der Waals surface area (Å²) in [6.45, 7) is 4.36. The number of nitrogens with two attached hydrogens (primary N) is 1. The van der Waals surface area contributed by atoms with Gasteiger partial charge in [0.05, 0.1) is 5.69 Å².